The molecule has 0 N–H and O–H groups in total. The summed E-state index contributed by atoms with van der Waals surface area (Å²) in [5.41, 5.74) is 0.691. The van der Waals surface area contributed by atoms with Crippen LogP contribution in [0, 0.1) is 18.3 Å². The minimum atomic E-state index is -3.81. The van der Waals surface area contributed by atoms with Crippen LogP contribution in [0.4, 0.5) is 0 Å². The first kappa shape index (κ1) is 19.8. The molecule has 0 aliphatic carbocycles. The Morgan fingerprint density at radius 3 is 2.74 bits per heavy atom. The number of benzene rings is 1. The number of halogens is 2. The molecule has 27 heavy (non-hydrogen) atoms. The van der Waals surface area contributed by atoms with Gasteiger partial charge >= 0.3 is 0 Å². The normalized spacial score (nSPS) is 18.1. The molecule has 1 saturated heterocycles. The zero-order chi connectivity index (χ0) is 19.6. The molecule has 0 saturated carbocycles. The van der Waals surface area contributed by atoms with Gasteiger partial charge in [-0.1, -0.05) is 23.2 Å². The van der Waals surface area contributed by atoms with Crippen molar-refractivity contribution in [3.8, 4) is 11.9 Å². The lowest BCUT2D eigenvalue weighted by molar-refractivity contribution is 0.124. The second kappa shape index (κ2) is 7.98. The van der Waals surface area contributed by atoms with Crippen molar-refractivity contribution in [3.63, 3.8) is 0 Å². The molecule has 2 aromatic rings. The van der Waals surface area contributed by atoms with Gasteiger partial charge in [0.25, 0.3) is 5.88 Å². The molecule has 0 radical (unpaired) electrons. The van der Waals surface area contributed by atoms with E-state index in [4.69, 9.17) is 33.2 Å². The minimum Gasteiger partial charge on any atom is -0.471 e. The molecule has 1 unspecified atom stereocenters. The van der Waals surface area contributed by atoms with E-state index in [1.54, 1.807) is 6.92 Å². The van der Waals surface area contributed by atoms with Crippen LogP contribution in [0.1, 0.15) is 24.1 Å². The van der Waals surface area contributed by atoms with Gasteiger partial charge in [-0.25, -0.2) is 18.4 Å². The Morgan fingerprint density at radius 1 is 1.26 bits per heavy atom. The van der Waals surface area contributed by atoms with Crippen LogP contribution in [-0.2, 0) is 10.0 Å². The van der Waals surface area contributed by atoms with Crippen molar-refractivity contribution in [1.29, 1.82) is 5.26 Å². The van der Waals surface area contributed by atoms with Crippen LogP contribution in [0.15, 0.2) is 29.4 Å². The van der Waals surface area contributed by atoms with E-state index < -0.39 is 16.1 Å². The number of rotatable bonds is 4. The molecule has 1 aliphatic heterocycles. The molecule has 7 nitrogen and oxygen atoms in total. The molecule has 1 aromatic carbocycles. The molecule has 10 heteroatoms. The summed E-state index contributed by atoms with van der Waals surface area (Å²) in [6.07, 6.45) is 3.62. The maximum absolute atomic E-state index is 13.1. The molecule has 1 aliphatic rings. The first-order valence-electron chi connectivity index (χ1n) is 8.16. The van der Waals surface area contributed by atoms with E-state index in [-0.39, 0.29) is 28.0 Å². The number of ether oxygens (including phenoxy) is 1. The van der Waals surface area contributed by atoms with Gasteiger partial charge in [0.05, 0.1) is 11.6 Å². The monoisotopic (exact) mass is 426 g/mol. The predicted molar refractivity (Wildman–Crippen MR) is 100 cm³/mol. The number of hydrogen-bond donors (Lipinski definition) is 0. The summed E-state index contributed by atoms with van der Waals surface area (Å²) in [5, 5.41) is 9.58. The van der Waals surface area contributed by atoms with Crippen LogP contribution in [0.25, 0.3) is 0 Å². The predicted octanol–water partition coefficient (Wildman–Crippen LogP) is 3.20. The van der Waals surface area contributed by atoms with Gasteiger partial charge in [-0.05, 0) is 37.5 Å². The van der Waals surface area contributed by atoms with Gasteiger partial charge < -0.3 is 4.74 Å². The van der Waals surface area contributed by atoms with Crippen LogP contribution in [0.5, 0.6) is 5.88 Å². The van der Waals surface area contributed by atoms with E-state index in [1.807, 2.05) is 6.07 Å². The van der Waals surface area contributed by atoms with E-state index >= 15 is 0 Å². The number of piperidine rings is 1. The fraction of sp³-hybridized carbons (Fsp3) is 0.353. The summed E-state index contributed by atoms with van der Waals surface area (Å²) >= 11 is 12.1. The third kappa shape index (κ3) is 4.17. The van der Waals surface area contributed by atoms with E-state index in [2.05, 4.69) is 9.97 Å². The average Bonchev–Trinajstić information content (AvgIpc) is 2.65. The average molecular weight is 427 g/mol. The van der Waals surface area contributed by atoms with Crippen LogP contribution >= 0.6 is 23.2 Å². The summed E-state index contributed by atoms with van der Waals surface area (Å²) in [4.78, 5) is 7.93. The maximum atomic E-state index is 13.1. The van der Waals surface area contributed by atoms with E-state index in [1.165, 1.54) is 28.8 Å². The molecule has 0 amide bonds. The lowest BCUT2D eigenvalue weighted by Gasteiger charge is -2.32. The number of nitrogens with zero attached hydrogens (tertiary/aromatic N) is 4. The molecule has 0 bridgehead atoms. The third-order valence-electron chi connectivity index (χ3n) is 4.22. The SMILES string of the molecule is Cc1cc(S(=O)(=O)N2CCCC(Oc3nccnc3C#N)C2)c(Cl)cc1Cl. The second-order valence-corrected chi connectivity index (χ2v) is 8.82. The third-order valence-corrected chi connectivity index (χ3v) is 6.96. The smallest absolute Gasteiger partial charge is 0.251 e. The number of hydrogen-bond acceptors (Lipinski definition) is 6. The Hall–Kier alpha value is -1.92. The Kier molecular flexibility index (Phi) is 5.86. The summed E-state index contributed by atoms with van der Waals surface area (Å²) in [6, 6.07) is 4.82. The van der Waals surface area contributed by atoms with Gasteiger partial charge in [0.15, 0.2) is 0 Å². The Bertz CT molecular complexity index is 1010. The molecule has 1 aromatic heterocycles. The molecule has 3 rings (SSSR count). The van der Waals surface area contributed by atoms with Gasteiger partial charge in [-0.15, -0.1) is 0 Å². The zero-order valence-corrected chi connectivity index (χ0v) is 16.7. The van der Waals surface area contributed by atoms with Crippen molar-refractivity contribution >= 4 is 33.2 Å². The van der Waals surface area contributed by atoms with Crippen molar-refractivity contribution < 1.29 is 13.2 Å². The van der Waals surface area contributed by atoms with Gasteiger partial charge in [0.2, 0.25) is 15.7 Å². The van der Waals surface area contributed by atoms with Crippen LogP contribution in [-0.4, -0.2) is 41.9 Å². The topological polar surface area (TPSA) is 96.2 Å². The van der Waals surface area contributed by atoms with Crippen molar-refractivity contribution in [2.75, 3.05) is 13.1 Å². The number of nitriles is 1. The highest BCUT2D eigenvalue weighted by Gasteiger charge is 2.33. The van der Waals surface area contributed by atoms with Gasteiger partial charge in [-0.3, -0.25) is 0 Å². The quantitative estimate of drug-likeness (QED) is 0.744. The van der Waals surface area contributed by atoms with E-state index in [9.17, 15) is 8.42 Å². The van der Waals surface area contributed by atoms with Gasteiger partial charge in [0.1, 0.15) is 17.1 Å². The van der Waals surface area contributed by atoms with E-state index in [0.717, 1.165) is 0 Å². The Labute approximate surface area is 167 Å². The van der Waals surface area contributed by atoms with Crippen molar-refractivity contribution in [2.24, 2.45) is 0 Å². The molecule has 1 fully saturated rings. The summed E-state index contributed by atoms with van der Waals surface area (Å²) in [5.74, 6) is 0.101. The standard InChI is InChI=1S/C17H16Cl2N4O3S/c1-11-7-16(14(19)8-13(11)18)27(24,25)23-6-2-3-12(10-23)26-17-15(9-20)21-4-5-22-17/h4-5,7-8,12H,2-3,6,10H2,1H3. The van der Waals surface area contributed by atoms with Crippen molar-refractivity contribution in [2.45, 2.75) is 30.8 Å². The lowest BCUT2D eigenvalue weighted by Crippen LogP contribution is -2.44. The number of aromatic nitrogens is 2. The van der Waals surface area contributed by atoms with Crippen LogP contribution < -0.4 is 4.74 Å². The number of sulfonamides is 1. The highest BCUT2D eigenvalue weighted by molar-refractivity contribution is 7.89. The number of aryl methyl sites for hydroxylation is 1. The fourth-order valence-electron chi connectivity index (χ4n) is 2.83. The van der Waals surface area contributed by atoms with Crippen molar-refractivity contribution in [1.82, 2.24) is 14.3 Å². The first-order valence-corrected chi connectivity index (χ1v) is 10.4. The second-order valence-electron chi connectivity index (χ2n) is 6.10. The first-order chi connectivity index (χ1) is 12.8. The summed E-state index contributed by atoms with van der Waals surface area (Å²) < 4.78 is 33.2. The molecule has 0 spiro atoms. The maximum Gasteiger partial charge on any atom is 0.251 e. The molecule has 2 heterocycles. The van der Waals surface area contributed by atoms with Gasteiger partial charge in [0, 0.05) is 24.0 Å². The Balaban J connectivity index is 1.83. The molecule has 142 valence electrons. The Morgan fingerprint density at radius 2 is 2.00 bits per heavy atom. The van der Waals surface area contributed by atoms with Gasteiger partial charge in [-0.2, -0.15) is 9.57 Å². The van der Waals surface area contributed by atoms with Crippen molar-refractivity contribution in [3.05, 3.63) is 45.8 Å². The van der Waals surface area contributed by atoms with E-state index in [0.29, 0.717) is 30.0 Å². The van der Waals surface area contributed by atoms with Crippen LogP contribution in [0.2, 0.25) is 10.0 Å². The highest BCUT2D eigenvalue weighted by Crippen LogP contribution is 2.32. The lowest BCUT2D eigenvalue weighted by atomic mass is 10.1. The largest absolute Gasteiger partial charge is 0.471 e. The molecular weight excluding hydrogens is 411 g/mol. The summed E-state index contributed by atoms with van der Waals surface area (Å²) in [6.45, 7) is 2.20. The zero-order valence-electron chi connectivity index (χ0n) is 14.4. The van der Waals surface area contributed by atoms with Crippen LogP contribution in [0.3, 0.4) is 0 Å². The summed E-state index contributed by atoms with van der Waals surface area (Å²) in [7, 11) is -3.81. The molecule has 1 atom stereocenters. The fourth-order valence-corrected chi connectivity index (χ4v) is 5.15. The minimum absolute atomic E-state index is 0.0175. The highest BCUT2D eigenvalue weighted by atomic mass is 35.5. The molecular formula is C17H16Cl2N4O3S.